The van der Waals surface area contributed by atoms with Gasteiger partial charge in [-0.25, -0.2) is 4.79 Å². The second-order valence-electron chi connectivity index (χ2n) is 8.84. The molecule has 1 atom stereocenters. The van der Waals surface area contributed by atoms with Crippen molar-refractivity contribution in [2.75, 3.05) is 13.1 Å². The first-order valence-corrected chi connectivity index (χ1v) is 10.4. The van der Waals surface area contributed by atoms with Gasteiger partial charge < -0.3 is 15.0 Å². The summed E-state index contributed by atoms with van der Waals surface area (Å²) in [6, 6.07) is 6.24. The molecular weight excluding hydrogens is 392 g/mol. The van der Waals surface area contributed by atoms with Crippen LogP contribution in [-0.4, -0.2) is 47.4 Å². The van der Waals surface area contributed by atoms with E-state index in [0.29, 0.717) is 36.5 Å². The lowest BCUT2D eigenvalue weighted by atomic mass is 9.88. The van der Waals surface area contributed by atoms with Gasteiger partial charge in [0.25, 0.3) is 0 Å². The fourth-order valence-corrected chi connectivity index (χ4v) is 3.48. The first kappa shape index (κ1) is 23.2. The van der Waals surface area contributed by atoms with Crippen molar-refractivity contribution >= 4 is 29.4 Å². The van der Waals surface area contributed by atoms with Crippen LogP contribution in [0.4, 0.5) is 4.79 Å². The maximum atomic E-state index is 13.0. The van der Waals surface area contributed by atoms with E-state index in [-0.39, 0.29) is 23.5 Å². The predicted molar refractivity (Wildman–Crippen MR) is 113 cm³/mol. The van der Waals surface area contributed by atoms with E-state index in [9.17, 15) is 14.4 Å². The zero-order valence-corrected chi connectivity index (χ0v) is 18.6. The van der Waals surface area contributed by atoms with Crippen LogP contribution in [-0.2, 0) is 9.53 Å². The number of hydrogen-bond donors (Lipinski definition) is 1. The smallest absolute Gasteiger partial charge is 0.408 e. The number of carbonyl (C=O) groups excluding carboxylic acids is 3. The van der Waals surface area contributed by atoms with E-state index in [0.717, 1.165) is 0 Å². The molecule has 1 N–H and O–H groups in total. The Morgan fingerprint density at radius 1 is 1.10 bits per heavy atom. The number of alkyl carbamates (subject to hydrolysis) is 1. The number of rotatable bonds is 5. The summed E-state index contributed by atoms with van der Waals surface area (Å²) in [6.45, 7) is 10.1. The van der Waals surface area contributed by atoms with Gasteiger partial charge in [-0.05, 0) is 63.8 Å². The summed E-state index contributed by atoms with van der Waals surface area (Å²) in [7, 11) is 0. The maximum Gasteiger partial charge on any atom is 0.408 e. The number of piperidine rings is 1. The van der Waals surface area contributed by atoms with Gasteiger partial charge in [-0.15, -0.1) is 0 Å². The second kappa shape index (κ2) is 9.61. The summed E-state index contributed by atoms with van der Waals surface area (Å²) in [4.78, 5) is 39.5. The Kier molecular flexibility index (Phi) is 7.69. The number of carbonyl (C=O) groups is 3. The second-order valence-corrected chi connectivity index (χ2v) is 9.28. The molecule has 0 saturated carbocycles. The first-order chi connectivity index (χ1) is 13.5. The molecule has 1 aromatic carbocycles. The van der Waals surface area contributed by atoms with Crippen LogP contribution < -0.4 is 5.32 Å². The topological polar surface area (TPSA) is 75.7 Å². The molecule has 0 aliphatic carbocycles. The van der Waals surface area contributed by atoms with E-state index < -0.39 is 17.7 Å². The third-order valence-electron chi connectivity index (χ3n) is 4.91. The molecule has 1 fully saturated rings. The predicted octanol–water partition coefficient (Wildman–Crippen LogP) is 4.31. The Morgan fingerprint density at radius 2 is 1.66 bits per heavy atom. The highest BCUT2D eigenvalue weighted by Crippen LogP contribution is 2.24. The lowest BCUT2D eigenvalue weighted by Gasteiger charge is -2.35. The molecule has 0 bridgehead atoms. The Labute approximate surface area is 177 Å². The normalized spacial score (nSPS) is 16.4. The quantitative estimate of drug-likeness (QED) is 0.717. The summed E-state index contributed by atoms with van der Waals surface area (Å²) in [5.74, 6) is -0.246. The van der Waals surface area contributed by atoms with Crippen molar-refractivity contribution in [1.82, 2.24) is 10.2 Å². The molecule has 2 amide bonds. The number of halogens is 1. The van der Waals surface area contributed by atoms with Gasteiger partial charge >= 0.3 is 6.09 Å². The molecule has 0 unspecified atom stereocenters. The number of likely N-dealkylation sites (tertiary alicyclic amines) is 1. The molecule has 29 heavy (non-hydrogen) atoms. The fourth-order valence-electron chi connectivity index (χ4n) is 3.36. The van der Waals surface area contributed by atoms with Crippen molar-refractivity contribution in [3.63, 3.8) is 0 Å². The Hall–Kier alpha value is -2.08. The third kappa shape index (κ3) is 6.74. The number of ketones is 1. The van der Waals surface area contributed by atoms with Crippen LogP contribution in [0.15, 0.2) is 24.3 Å². The molecular formula is C22H31ClN2O4. The van der Waals surface area contributed by atoms with E-state index in [1.165, 1.54) is 0 Å². The zero-order chi connectivity index (χ0) is 21.8. The third-order valence-corrected chi connectivity index (χ3v) is 5.16. The van der Waals surface area contributed by atoms with Crippen molar-refractivity contribution in [3.05, 3.63) is 34.9 Å². The van der Waals surface area contributed by atoms with E-state index in [1.54, 1.807) is 49.9 Å². The highest BCUT2D eigenvalue weighted by molar-refractivity contribution is 6.30. The van der Waals surface area contributed by atoms with Crippen molar-refractivity contribution in [2.24, 2.45) is 11.8 Å². The van der Waals surface area contributed by atoms with Crippen LogP contribution in [0.1, 0.15) is 57.8 Å². The summed E-state index contributed by atoms with van der Waals surface area (Å²) in [5, 5.41) is 3.30. The van der Waals surface area contributed by atoms with Gasteiger partial charge in [-0.1, -0.05) is 25.4 Å². The van der Waals surface area contributed by atoms with Gasteiger partial charge in [0.15, 0.2) is 5.78 Å². The Morgan fingerprint density at radius 3 is 2.14 bits per heavy atom. The summed E-state index contributed by atoms with van der Waals surface area (Å²) < 4.78 is 5.29. The summed E-state index contributed by atoms with van der Waals surface area (Å²) >= 11 is 5.89. The monoisotopic (exact) mass is 422 g/mol. The largest absolute Gasteiger partial charge is 0.444 e. The molecule has 1 aliphatic heterocycles. The van der Waals surface area contributed by atoms with Gasteiger partial charge in [0.2, 0.25) is 5.91 Å². The van der Waals surface area contributed by atoms with E-state index in [2.05, 4.69) is 5.32 Å². The number of ether oxygens (including phenoxy) is 1. The highest BCUT2D eigenvalue weighted by Gasteiger charge is 2.34. The van der Waals surface area contributed by atoms with Crippen LogP contribution in [0.5, 0.6) is 0 Å². The molecule has 1 aromatic rings. The molecule has 2 rings (SSSR count). The van der Waals surface area contributed by atoms with E-state index in [1.807, 2.05) is 13.8 Å². The van der Waals surface area contributed by atoms with Gasteiger partial charge in [-0.3, -0.25) is 9.59 Å². The molecule has 160 valence electrons. The minimum Gasteiger partial charge on any atom is -0.444 e. The highest BCUT2D eigenvalue weighted by atomic mass is 35.5. The van der Waals surface area contributed by atoms with Gasteiger partial charge in [0.1, 0.15) is 11.6 Å². The van der Waals surface area contributed by atoms with Crippen molar-refractivity contribution in [3.8, 4) is 0 Å². The minimum atomic E-state index is -0.659. The number of benzene rings is 1. The average molecular weight is 423 g/mol. The number of nitrogens with zero attached hydrogens (tertiary/aromatic N) is 1. The van der Waals surface area contributed by atoms with Crippen molar-refractivity contribution in [1.29, 1.82) is 0 Å². The number of nitrogens with one attached hydrogen (secondary N) is 1. The lowest BCUT2D eigenvalue weighted by Crippen LogP contribution is -2.54. The van der Waals surface area contributed by atoms with Crippen molar-refractivity contribution in [2.45, 2.75) is 59.1 Å². The molecule has 7 heteroatoms. The molecule has 0 spiro atoms. The van der Waals surface area contributed by atoms with E-state index in [4.69, 9.17) is 16.3 Å². The molecule has 1 saturated heterocycles. The van der Waals surface area contributed by atoms with Crippen LogP contribution in [0.2, 0.25) is 5.02 Å². The molecule has 0 radical (unpaired) electrons. The van der Waals surface area contributed by atoms with E-state index >= 15 is 0 Å². The molecule has 6 nitrogen and oxygen atoms in total. The lowest BCUT2D eigenvalue weighted by molar-refractivity contribution is -0.135. The molecule has 1 aliphatic rings. The van der Waals surface area contributed by atoms with Gasteiger partial charge in [0, 0.05) is 29.6 Å². The standard InChI is InChI=1S/C22H31ClN2O4/c1-14(2)18(24-21(28)29-22(3,4)5)20(27)25-12-10-16(11-13-25)19(26)15-6-8-17(23)9-7-15/h6-9,14,16,18H,10-13H2,1-5H3,(H,24,28)/t18-/m0/s1. The minimum absolute atomic E-state index is 0.0801. The van der Waals surface area contributed by atoms with Gasteiger partial charge in [-0.2, -0.15) is 0 Å². The number of hydrogen-bond acceptors (Lipinski definition) is 4. The maximum absolute atomic E-state index is 13.0. The van der Waals surface area contributed by atoms with Crippen LogP contribution >= 0.6 is 11.6 Å². The molecule has 1 heterocycles. The zero-order valence-electron chi connectivity index (χ0n) is 17.8. The van der Waals surface area contributed by atoms with Crippen LogP contribution in [0.3, 0.4) is 0 Å². The van der Waals surface area contributed by atoms with Crippen LogP contribution in [0.25, 0.3) is 0 Å². The molecule has 0 aromatic heterocycles. The average Bonchev–Trinajstić information content (AvgIpc) is 2.64. The number of Topliss-reactive ketones (excluding diaryl/α,β-unsaturated/α-hetero) is 1. The summed E-state index contributed by atoms with van der Waals surface area (Å²) in [5.41, 5.74) is 0.0144. The first-order valence-electron chi connectivity index (χ1n) is 10.1. The Bertz CT molecular complexity index is 732. The number of amides is 2. The summed E-state index contributed by atoms with van der Waals surface area (Å²) in [6.07, 6.45) is 0.604. The SMILES string of the molecule is CC(C)[C@H](NC(=O)OC(C)(C)C)C(=O)N1CCC(C(=O)c2ccc(Cl)cc2)CC1. The van der Waals surface area contributed by atoms with Crippen LogP contribution in [0, 0.1) is 11.8 Å². The fraction of sp³-hybridized carbons (Fsp3) is 0.591. The Balaban J connectivity index is 1.95. The van der Waals surface area contributed by atoms with Crippen molar-refractivity contribution < 1.29 is 19.1 Å². The van der Waals surface area contributed by atoms with Gasteiger partial charge in [0.05, 0.1) is 0 Å².